The number of aromatic nitrogens is 2. The van der Waals surface area contributed by atoms with Gasteiger partial charge in [0.1, 0.15) is 12.1 Å². The lowest BCUT2D eigenvalue weighted by Gasteiger charge is -2.44. The topological polar surface area (TPSA) is 89.9 Å². The van der Waals surface area contributed by atoms with Crippen LogP contribution in [-0.2, 0) is 10.2 Å². The number of benzene rings is 1. The quantitative estimate of drug-likeness (QED) is 0.569. The van der Waals surface area contributed by atoms with E-state index in [1.54, 1.807) is 26.0 Å². The number of hydrogen-bond acceptors (Lipinski definition) is 6. The van der Waals surface area contributed by atoms with Crippen molar-refractivity contribution in [1.29, 1.82) is 0 Å². The molecule has 3 fully saturated rings. The van der Waals surface area contributed by atoms with E-state index >= 15 is 0 Å². The number of hydrogen-bond donors (Lipinski definition) is 1. The molecule has 5 rings (SSSR count). The molecule has 2 aromatic rings. The number of aryl methyl sites for hydroxylation is 2. The number of nitrogens with zero attached hydrogens (tertiary/aromatic N) is 5. The standard InChI is InChI=1S/C31H42FN5O3/c1-21-27(22(2)34-20-33-21)28(39)37-17-23-15-35(16-24(23)18-37)11-8-31(25-6-5-7-26(32)14-25)9-12-36(13-10-31)29(40)30(3,4)19-38/h5-7,14,20,23-24,38H,8-13,15-19H2,1-4H3. The molecule has 0 bridgehead atoms. The van der Waals surface area contributed by atoms with Gasteiger partial charge in [0.2, 0.25) is 5.91 Å². The Morgan fingerprint density at radius 3 is 2.23 bits per heavy atom. The van der Waals surface area contributed by atoms with Crippen molar-refractivity contribution in [2.24, 2.45) is 17.3 Å². The summed E-state index contributed by atoms with van der Waals surface area (Å²) in [5.41, 5.74) is 2.09. The number of likely N-dealkylation sites (tertiary alicyclic amines) is 3. The maximum absolute atomic E-state index is 14.3. The number of piperidine rings is 1. The van der Waals surface area contributed by atoms with E-state index in [0.717, 1.165) is 68.9 Å². The summed E-state index contributed by atoms with van der Waals surface area (Å²) in [6, 6.07) is 6.96. The smallest absolute Gasteiger partial charge is 0.257 e. The first-order valence-electron chi connectivity index (χ1n) is 14.5. The average molecular weight is 552 g/mol. The van der Waals surface area contributed by atoms with Gasteiger partial charge in [-0.25, -0.2) is 14.4 Å². The SMILES string of the molecule is Cc1ncnc(C)c1C(=O)N1CC2CN(CCC3(c4cccc(F)c4)CCN(C(=O)C(C)(C)CO)CC3)CC2C1. The van der Waals surface area contributed by atoms with Crippen LogP contribution in [0.2, 0.25) is 0 Å². The van der Waals surface area contributed by atoms with Crippen molar-refractivity contribution in [3.8, 4) is 0 Å². The van der Waals surface area contributed by atoms with E-state index in [1.165, 1.54) is 12.4 Å². The zero-order valence-electron chi connectivity index (χ0n) is 24.2. The normalized spacial score (nSPS) is 22.9. The molecule has 4 heterocycles. The lowest BCUT2D eigenvalue weighted by Crippen LogP contribution is -2.50. The first kappa shape index (κ1) is 28.6. The molecule has 2 atom stereocenters. The predicted molar refractivity (Wildman–Crippen MR) is 150 cm³/mol. The van der Waals surface area contributed by atoms with Crippen LogP contribution in [0.3, 0.4) is 0 Å². The minimum Gasteiger partial charge on any atom is -0.395 e. The van der Waals surface area contributed by atoms with Crippen LogP contribution < -0.4 is 0 Å². The van der Waals surface area contributed by atoms with Crippen molar-refractivity contribution >= 4 is 11.8 Å². The third-order valence-electron chi connectivity index (χ3n) is 9.61. The Balaban J connectivity index is 1.22. The molecular weight excluding hydrogens is 509 g/mol. The fraction of sp³-hybridized carbons (Fsp3) is 0.613. The summed E-state index contributed by atoms with van der Waals surface area (Å²) in [6.45, 7) is 12.6. The van der Waals surface area contributed by atoms with E-state index in [-0.39, 0.29) is 29.7 Å². The first-order valence-corrected chi connectivity index (χ1v) is 14.5. The van der Waals surface area contributed by atoms with Crippen molar-refractivity contribution in [2.45, 2.75) is 52.4 Å². The van der Waals surface area contributed by atoms with Crippen molar-refractivity contribution in [1.82, 2.24) is 24.7 Å². The Kier molecular flexibility index (Phi) is 7.99. The lowest BCUT2D eigenvalue weighted by molar-refractivity contribution is -0.144. The predicted octanol–water partition coefficient (Wildman–Crippen LogP) is 3.21. The molecule has 0 saturated carbocycles. The van der Waals surface area contributed by atoms with E-state index in [0.29, 0.717) is 30.5 Å². The molecule has 1 N–H and O–H groups in total. The van der Waals surface area contributed by atoms with Gasteiger partial charge in [-0.15, -0.1) is 0 Å². The van der Waals surface area contributed by atoms with Gasteiger partial charge < -0.3 is 19.8 Å². The number of fused-ring (bicyclic) bond motifs is 1. The Labute approximate surface area is 236 Å². The Morgan fingerprint density at radius 2 is 1.65 bits per heavy atom. The largest absolute Gasteiger partial charge is 0.395 e. The molecule has 8 nitrogen and oxygen atoms in total. The summed E-state index contributed by atoms with van der Waals surface area (Å²) >= 11 is 0. The van der Waals surface area contributed by atoms with Crippen molar-refractivity contribution in [3.05, 3.63) is 58.9 Å². The lowest BCUT2D eigenvalue weighted by atomic mass is 9.70. The minimum absolute atomic E-state index is 0.0261. The van der Waals surface area contributed by atoms with Crippen LogP contribution in [0.4, 0.5) is 4.39 Å². The van der Waals surface area contributed by atoms with Crippen LogP contribution in [0, 0.1) is 36.9 Å². The maximum Gasteiger partial charge on any atom is 0.257 e. The summed E-state index contributed by atoms with van der Waals surface area (Å²) in [6.07, 6.45) is 3.94. The number of halogens is 1. The van der Waals surface area contributed by atoms with Gasteiger partial charge in [0, 0.05) is 39.3 Å². The van der Waals surface area contributed by atoms with Gasteiger partial charge in [0.15, 0.2) is 0 Å². The molecule has 3 saturated heterocycles. The Morgan fingerprint density at radius 1 is 1.02 bits per heavy atom. The van der Waals surface area contributed by atoms with E-state index in [9.17, 15) is 19.1 Å². The summed E-state index contributed by atoms with van der Waals surface area (Å²) in [5.74, 6) is 0.666. The van der Waals surface area contributed by atoms with Gasteiger partial charge in [0.05, 0.1) is 29.0 Å². The highest BCUT2D eigenvalue weighted by Crippen LogP contribution is 2.41. The van der Waals surface area contributed by atoms with Crippen LogP contribution in [-0.4, -0.2) is 94.0 Å². The molecule has 9 heteroatoms. The van der Waals surface area contributed by atoms with Gasteiger partial charge in [0.25, 0.3) is 5.91 Å². The van der Waals surface area contributed by atoms with Gasteiger partial charge in [-0.1, -0.05) is 12.1 Å². The number of aliphatic hydroxyl groups excluding tert-OH is 1. The van der Waals surface area contributed by atoms with Gasteiger partial charge in [-0.05, 0) is 88.4 Å². The molecule has 0 radical (unpaired) electrons. The Bertz CT molecular complexity index is 1230. The zero-order valence-corrected chi connectivity index (χ0v) is 24.2. The van der Waals surface area contributed by atoms with Crippen LogP contribution in [0.15, 0.2) is 30.6 Å². The van der Waals surface area contributed by atoms with Crippen LogP contribution in [0.5, 0.6) is 0 Å². The molecule has 40 heavy (non-hydrogen) atoms. The van der Waals surface area contributed by atoms with E-state index in [4.69, 9.17) is 0 Å². The fourth-order valence-corrected chi connectivity index (χ4v) is 7.01. The highest BCUT2D eigenvalue weighted by Gasteiger charge is 2.44. The van der Waals surface area contributed by atoms with Crippen molar-refractivity contribution in [3.63, 3.8) is 0 Å². The van der Waals surface area contributed by atoms with Crippen molar-refractivity contribution < 1.29 is 19.1 Å². The number of amides is 2. The second kappa shape index (κ2) is 11.2. The van der Waals surface area contributed by atoms with Gasteiger partial charge >= 0.3 is 0 Å². The number of carbonyl (C=O) groups is 2. The maximum atomic E-state index is 14.3. The summed E-state index contributed by atoms with van der Waals surface area (Å²) in [5, 5.41) is 9.69. The molecule has 3 aliphatic rings. The molecular formula is C31H42FN5O3. The third kappa shape index (κ3) is 5.50. The second-order valence-corrected chi connectivity index (χ2v) is 12.8. The molecule has 0 aliphatic carbocycles. The Hall–Kier alpha value is -2.91. The number of rotatable bonds is 7. The molecule has 3 aliphatic heterocycles. The molecule has 1 aromatic carbocycles. The highest BCUT2D eigenvalue weighted by atomic mass is 19.1. The van der Waals surface area contributed by atoms with E-state index in [2.05, 4.69) is 14.9 Å². The molecule has 1 aromatic heterocycles. The first-order chi connectivity index (χ1) is 19.0. The van der Waals surface area contributed by atoms with Gasteiger partial charge in [-0.3, -0.25) is 9.59 Å². The molecule has 2 unspecified atom stereocenters. The van der Waals surface area contributed by atoms with E-state index in [1.807, 2.05) is 29.7 Å². The van der Waals surface area contributed by atoms with Crippen LogP contribution in [0.1, 0.15) is 60.4 Å². The van der Waals surface area contributed by atoms with Crippen LogP contribution >= 0.6 is 0 Å². The highest BCUT2D eigenvalue weighted by molar-refractivity contribution is 5.96. The molecule has 216 valence electrons. The zero-order chi connectivity index (χ0) is 28.7. The monoisotopic (exact) mass is 551 g/mol. The minimum atomic E-state index is -0.799. The molecule has 0 spiro atoms. The fourth-order valence-electron chi connectivity index (χ4n) is 7.01. The second-order valence-electron chi connectivity index (χ2n) is 12.8. The average Bonchev–Trinajstić information content (AvgIpc) is 3.51. The summed E-state index contributed by atoms with van der Waals surface area (Å²) in [4.78, 5) is 41.1. The van der Waals surface area contributed by atoms with Crippen LogP contribution in [0.25, 0.3) is 0 Å². The van der Waals surface area contributed by atoms with Crippen molar-refractivity contribution in [2.75, 3.05) is 52.4 Å². The number of carbonyl (C=O) groups excluding carboxylic acids is 2. The molecule has 2 amide bonds. The number of aliphatic hydroxyl groups is 1. The summed E-state index contributed by atoms with van der Waals surface area (Å²) in [7, 11) is 0. The third-order valence-corrected chi connectivity index (χ3v) is 9.61. The van der Waals surface area contributed by atoms with E-state index < -0.39 is 5.41 Å². The summed E-state index contributed by atoms with van der Waals surface area (Å²) < 4.78 is 14.3. The van der Waals surface area contributed by atoms with Gasteiger partial charge in [-0.2, -0.15) is 0 Å².